The molecule has 2 aromatic carbocycles. The number of ether oxygens (including phenoxy) is 1. The number of carbonyl (C=O) groups is 1. The predicted octanol–water partition coefficient (Wildman–Crippen LogP) is 5.39. The zero-order valence-electron chi connectivity index (χ0n) is 13.8. The lowest BCUT2D eigenvalue weighted by atomic mass is 10.2. The fourth-order valence-electron chi connectivity index (χ4n) is 2.26. The molecule has 0 aliphatic carbocycles. The third kappa shape index (κ3) is 4.45. The molecule has 0 saturated carbocycles. The van der Waals surface area contributed by atoms with E-state index in [0.717, 1.165) is 0 Å². The van der Waals surface area contributed by atoms with E-state index in [1.54, 1.807) is 61.8 Å². The van der Waals surface area contributed by atoms with E-state index in [-0.39, 0.29) is 5.91 Å². The van der Waals surface area contributed by atoms with E-state index in [1.165, 1.54) is 6.20 Å². The third-order valence-corrected chi connectivity index (χ3v) is 4.12. The fraction of sp³-hybridized carbons (Fsp3) is 0.0526. The number of hydrogen-bond donors (Lipinski definition) is 2. The summed E-state index contributed by atoms with van der Waals surface area (Å²) in [5, 5.41) is 6.99. The lowest BCUT2D eigenvalue weighted by Crippen LogP contribution is -2.12. The van der Waals surface area contributed by atoms with Gasteiger partial charge in [-0.2, -0.15) is 0 Å². The van der Waals surface area contributed by atoms with E-state index in [2.05, 4.69) is 15.6 Å². The number of methoxy groups -OCH3 is 1. The number of hydrogen-bond acceptors (Lipinski definition) is 4. The van der Waals surface area contributed by atoms with E-state index in [1.807, 2.05) is 0 Å². The first-order valence-corrected chi connectivity index (χ1v) is 8.43. The topological polar surface area (TPSA) is 63.2 Å². The summed E-state index contributed by atoms with van der Waals surface area (Å²) in [6.45, 7) is 0. The Morgan fingerprint density at radius 3 is 2.50 bits per heavy atom. The van der Waals surface area contributed by atoms with Crippen molar-refractivity contribution < 1.29 is 9.53 Å². The van der Waals surface area contributed by atoms with Gasteiger partial charge in [-0.25, -0.2) is 0 Å². The molecule has 5 nitrogen and oxygen atoms in total. The summed E-state index contributed by atoms with van der Waals surface area (Å²) in [5.74, 6) is 0.442. The van der Waals surface area contributed by atoms with Gasteiger partial charge in [0.05, 0.1) is 35.3 Å². The summed E-state index contributed by atoms with van der Waals surface area (Å²) >= 11 is 12.1. The molecule has 2 N–H and O–H groups in total. The molecule has 0 atom stereocenters. The monoisotopic (exact) mass is 387 g/mol. The molecule has 0 spiro atoms. The molecule has 0 saturated heterocycles. The molecule has 26 heavy (non-hydrogen) atoms. The second kappa shape index (κ2) is 8.08. The maximum atomic E-state index is 12.4. The fourth-order valence-corrected chi connectivity index (χ4v) is 2.60. The Morgan fingerprint density at radius 1 is 1.00 bits per heavy atom. The molecular formula is C19H15Cl2N3O2. The Balaban J connectivity index is 1.75. The summed E-state index contributed by atoms with van der Waals surface area (Å²) in [6.07, 6.45) is 3.09. The van der Waals surface area contributed by atoms with Gasteiger partial charge >= 0.3 is 0 Å². The minimum atomic E-state index is -0.275. The van der Waals surface area contributed by atoms with Crippen LogP contribution in [0.15, 0.2) is 60.9 Å². The smallest absolute Gasteiger partial charge is 0.257 e. The first-order chi connectivity index (χ1) is 12.5. The molecule has 132 valence electrons. The predicted molar refractivity (Wildman–Crippen MR) is 105 cm³/mol. The molecule has 0 bridgehead atoms. The van der Waals surface area contributed by atoms with E-state index in [9.17, 15) is 4.79 Å². The molecule has 0 fully saturated rings. The standard InChI is InChI=1S/C19H15Cl2N3O2/c1-26-16-5-3-14(4-6-16)24-19(25)12-8-15(11-22-10-12)23-18-9-13(20)2-7-17(18)21/h2-11,23H,1H3,(H,24,25). The minimum absolute atomic E-state index is 0.275. The van der Waals surface area contributed by atoms with E-state index >= 15 is 0 Å². The molecule has 1 aromatic heterocycles. The van der Waals surface area contributed by atoms with Crippen molar-refractivity contribution in [3.8, 4) is 5.75 Å². The summed E-state index contributed by atoms with van der Waals surface area (Å²) in [7, 11) is 1.59. The number of rotatable bonds is 5. The van der Waals surface area contributed by atoms with Crippen molar-refractivity contribution in [3.05, 3.63) is 76.5 Å². The molecule has 0 radical (unpaired) electrons. The number of pyridine rings is 1. The van der Waals surface area contributed by atoms with Crippen molar-refractivity contribution >= 4 is 46.2 Å². The zero-order chi connectivity index (χ0) is 18.5. The van der Waals surface area contributed by atoms with Crippen molar-refractivity contribution in [1.29, 1.82) is 0 Å². The average Bonchev–Trinajstić information content (AvgIpc) is 2.65. The van der Waals surface area contributed by atoms with Crippen molar-refractivity contribution in [2.45, 2.75) is 0 Å². The van der Waals surface area contributed by atoms with Crippen LogP contribution in [0.2, 0.25) is 10.0 Å². The molecule has 1 amide bonds. The highest BCUT2D eigenvalue weighted by atomic mass is 35.5. The van der Waals surface area contributed by atoms with Gasteiger partial charge in [-0.05, 0) is 48.5 Å². The highest BCUT2D eigenvalue weighted by Gasteiger charge is 2.09. The van der Waals surface area contributed by atoms with Gasteiger partial charge in [-0.15, -0.1) is 0 Å². The molecule has 0 aliphatic rings. The van der Waals surface area contributed by atoms with Crippen LogP contribution in [0.1, 0.15) is 10.4 Å². The Morgan fingerprint density at radius 2 is 1.77 bits per heavy atom. The van der Waals surface area contributed by atoms with Crippen LogP contribution in [-0.4, -0.2) is 18.0 Å². The number of anilines is 3. The van der Waals surface area contributed by atoms with Gasteiger partial charge in [0.25, 0.3) is 5.91 Å². The number of amides is 1. The van der Waals surface area contributed by atoms with Crippen LogP contribution in [0.4, 0.5) is 17.1 Å². The van der Waals surface area contributed by atoms with Gasteiger partial charge in [0, 0.05) is 16.9 Å². The number of benzene rings is 2. The van der Waals surface area contributed by atoms with Crippen molar-refractivity contribution in [3.63, 3.8) is 0 Å². The SMILES string of the molecule is COc1ccc(NC(=O)c2cncc(Nc3cc(Cl)ccc3Cl)c2)cc1. The van der Waals surface area contributed by atoms with E-state index in [4.69, 9.17) is 27.9 Å². The Kier molecular flexibility index (Phi) is 5.61. The molecular weight excluding hydrogens is 373 g/mol. The van der Waals surface area contributed by atoms with Gasteiger partial charge < -0.3 is 15.4 Å². The molecule has 1 heterocycles. The van der Waals surface area contributed by atoms with Crippen LogP contribution in [-0.2, 0) is 0 Å². The van der Waals surface area contributed by atoms with Crippen LogP contribution < -0.4 is 15.4 Å². The average molecular weight is 388 g/mol. The van der Waals surface area contributed by atoms with Crippen molar-refractivity contribution in [2.75, 3.05) is 17.7 Å². The summed E-state index contributed by atoms with van der Waals surface area (Å²) < 4.78 is 5.10. The maximum absolute atomic E-state index is 12.4. The number of carbonyl (C=O) groups excluding carboxylic acids is 1. The van der Waals surface area contributed by atoms with Gasteiger partial charge in [0.2, 0.25) is 0 Å². The molecule has 0 unspecified atom stereocenters. The van der Waals surface area contributed by atoms with Gasteiger partial charge in [0.15, 0.2) is 0 Å². The van der Waals surface area contributed by atoms with Gasteiger partial charge in [-0.1, -0.05) is 23.2 Å². The van der Waals surface area contributed by atoms with Crippen LogP contribution in [0.5, 0.6) is 5.75 Å². The summed E-state index contributed by atoms with van der Waals surface area (Å²) in [4.78, 5) is 16.5. The van der Waals surface area contributed by atoms with Crippen molar-refractivity contribution in [2.24, 2.45) is 0 Å². The Hall–Kier alpha value is -2.76. The summed E-state index contributed by atoms with van der Waals surface area (Å²) in [6, 6.07) is 13.8. The quantitative estimate of drug-likeness (QED) is 0.615. The van der Waals surface area contributed by atoms with Gasteiger partial charge in [-0.3, -0.25) is 9.78 Å². The lowest BCUT2D eigenvalue weighted by Gasteiger charge is -2.10. The normalized spacial score (nSPS) is 10.3. The lowest BCUT2D eigenvalue weighted by molar-refractivity contribution is 0.102. The van der Waals surface area contributed by atoms with Gasteiger partial charge in [0.1, 0.15) is 5.75 Å². The highest BCUT2D eigenvalue weighted by molar-refractivity contribution is 6.35. The number of nitrogens with one attached hydrogen (secondary N) is 2. The number of aromatic nitrogens is 1. The third-order valence-electron chi connectivity index (χ3n) is 3.56. The van der Waals surface area contributed by atoms with Crippen molar-refractivity contribution in [1.82, 2.24) is 4.98 Å². The largest absolute Gasteiger partial charge is 0.497 e. The Labute approximate surface area is 160 Å². The van der Waals surface area contributed by atoms with E-state index < -0.39 is 0 Å². The van der Waals surface area contributed by atoms with Crippen LogP contribution in [0.3, 0.4) is 0 Å². The Bertz CT molecular complexity index is 930. The molecule has 7 heteroatoms. The van der Waals surface area contributed by atoms with Crippen LogP contribution in [0.25, 0.3) is 0 Å². The maximum Gasteiger partial charge on any atom is 0.257 e. The van der Waals surface area contributed by atoms with Crippen LogP contribution in [0, 0.1) is 0 Å². The minimum Gasteiger partial charge on any atom is -0.497 e. The molecule has 3 rings (SSSR count). The molecule has 0 aliphatic heterocycles. The molecule has 3 aromatic rings. The van der Waals surface area contributed by atoms with Crippen LogP contribution >= 0.6 is 23.2 Å². The highest BCUT2D eigenvalue weighted by Crippen LogP contribution is 2.28. The second-order valence-electron chi connectivity index (χ2n) is 5.39. The first-order valence-electron chi connectivity index (χ1n) is 7.67. The first kappa shape index (κ1) is 18.0. The second-order valence-corrected chi connectivity index (χ2v) is 6.24. The number of halogens is 2. The summed E-state index contributed by atoms with van der Waals surface area (Å²) in [5.41, 5.74) is 2.32. The zero-order valence-corrected chi connectivity index (χ0v) is 15.3. The number of nitrogens with zero attached hydrogens (tertiary/aromatic N) is 1. The van der Waals surface area contributed by atoms with E-state index in [0.29, 0.717) is 38.4 Å².